The maximum absolute atomic E-state index is 6.96. The zero-order valence-electron chi connectivity index (χ0n) is 7.94. The fourth-order valence-electron chi connectivity index (χ4n) is 0.639. The van der Waals surface area contributed by atoms with Gasteiger partial charge in [-0.1, -0.05) is 18.6 Å². The van der Waals surface area contributed by atoms with Gasteiger partial charge in [-0.15, -0.1) is 0 Å². The van der Waals surface area contributed by atoms with Crippen LogP contribution in [0.1, 0.15) is 27.2 Å². The molecule has 0 spiro atoms. The lowest BCUT2D eigenvalue weighted by Gasteiger charge is -2.01. The van der Waals surface area contributed by atoms with Crippen molar-refractivity contribution in [3.8, 4) is 0 Å². The van der Waals surface area contributed by atoms with Crippen LogP contribution in [0.4, 0.5) is 0 Å². The van der Waals surface area contributed by atoms with Crippen molar-refractivity contribution in [2.24, 2.45) is 5.73 Å². The van der Waals surface area contributed by atoms with E-state index >= 15 is 0 Å². The first-order chi connectivity index (χ1) is 5.56. The normalized spacial score (nSPS) is 12.9. The van der Waals surface area contributed by atoms with E-state index < -0.39 is 0 Å². The smallest absolute Gasteiger partial charge is 0.189 e. The number of allylic oxidation sites excluding steroid dienone is 4. The van der Waals surface area contributed by atoms with Gasteiger partial charge in [-0.3, -0.25) is 5.41 Å². The van der Waals surface area contributed by atoms with Crippen LogP contribution in [0.2, 0.25) is 0 Å². The van der Waals surface area contributed by atoms with Crippen LogP contribution < -0.4 is 11.1 Å². The summed E-state index contributed by atoms with van der Waals surface area (Å²) in [6.45, 7) is 6.05. The summed E-state index contributed by atoms with van der Waals surface area (Å²) in [5.41, 5.74) is 7.33. The van der Waals surface area contributed by atoms with E-state index in [1.54, 1.807) is 0 Å². The molecule has 12 heavy (non-hydrogen) atoms. The quantitative estimate of drug-likeness (QED) is 0.340. The van der Waals surface area contributed by atoms with Gasteiger partial charge in [0.25, 0.3) is 0 Å². The molecule has 0 aromatic rings. The highest BCUT2D eigenvalue weighted by atomic mass is 15.0. The molecule has 3 heteroatoms. The summed E-state index contributed by atoms with van der Waals surface area (Å²) in [7, 11) is 0. The van der Waals surface area contributed by atoms with Crippen LogP contribution in [-0.4, -0.2) is 5.96 Å². The number of nitrogens with two attached hydrogens (primary N) is 1. The largest absolute Gasteiger partial charge is 0.370 e. The van der Waals surface area contributed by atoms with Crippen molar-refractivity contribution in [1.82, 2.24) is 5.32 Å². The van der Waals surface area contributed by atoms with Crippen LogP contribution in [0, 0.1) is 5.41 Å². The Balaban J connectivity index is 4.08. The fraction of sp³-hybridized carbons (Fsp3) is 0.444. The first-order valence-corrected chi connectivity index (χ1v) is 4.01. The standard InChI is InChI=1S/C9H17N3/c1-4-7(2)5-6-8(3)12-9(10)11/h5-6H,4H2,1-3H3,(H4,10,11,12)/b7-5+,8-6+. The van der Waals surface area contributed by atoms with Gasteiger partial charge in [0.1, 0.15) is 0 Å². The molecule has 0 aliphatic carbocycles. The fourth-order valence-corrected chi connectivity index (χ4v) is 0.639. The molecule has 4 N–H and O–H groups in total. The molecule has 0 atom stereocenters. The van der Waals surface area contributed by atoms with Crippen molar-refractivity contribution < 1.29 is 0 Å². The Hall–Kier alpha value is -1.25. The number of hydrogen-bond donors (Lipinski definition) is 3. The van der Waals surface area contributed by atoms with Gasteiger partial charge < -0.3 is 11.1 Å². The maximum atomic E-state index is 6.96. The molecular formula is C9H17N3. The van der Waals surface area contributed by atoms with E-state index in [-0.39, 0.29) is 5.96 Å². The molecule has 0 heterocycles. The Morgan fingerprint density at radius 3 is 2.42 bits per heavy atom. The highest BCUT2D eigenvalue weighted by Gasteiger charge is 1.87. The zero-order chi connectivity index (χ0) is 9.56. The Bertz CT molecular complexity index is 214. The van der Waals surface area contributed by atoms with Crippen molar-refractivity contribution in [2.45, 2.75) is 27.2 Å². The topological polar surface area (TPSA) is 61.9 Å². The van der Waals surface area contributed by atoms with E-state index in [9.17, 15) is 0 Å². The maximum Gasteiger partial charge on any atom is 0.189 e. The summed E-state index contributed by atoms with van der Waals surface area (Å²) in [4.78, 5) is 0. The minimum absolute atomic E-state index is 0.0219. The molecule has 0 saturated carbocycles. The van der Waals surface area contributed by atoms with Crippen LogP contribution in [0.25, 0.3) is 0 Å². The van der Waals surface area contributed by atoms with E-state index in [0.717, 1.165) is 12.1 Å². The molecule has 0 radical (unpaired) electrons. The van der Waals surface area contributed by atoms with Gasteiger partial charge in [0.2, 0.25) is 0 Å². The van der Waals surface area contributed by atoms with E-state index in [0.29, 0.717) is 0 Å². The van der Waals surface area contributed by atoms with Crippen LogP contribution in [0.15, 0.2) is 23.4 Å². The van der Waals surface area contributed by atoms with Crippen molar-refractivity contribution in [3.63, 3.8) is 0 Å². The van der Waals surface area contributed by atoms with Gasteiger partial charge in [0, 0.05) is 5.70 Å². The van der Waals surface area contributed by atoms with Crippen LogP contribution >= 0.6 is 0 Å². The summed E-state index contributed by atoms with van der Waals surface area (Å²) >= 11 is 0. The first kappa shape index (κ1) is 10.8. The minimum Gasteiger partial charge on any atom is -0.370 e. The lowest BCUT2D eigenvalue weighted by atomic mass is 10.2. The van der Waals surface area contributed by atoms with Crippen LogP contribution in [-0.2, 0) is 0 Å². The molecule has 3 nitrogen and oxygen atoms in total. The van der Waals surface area contributed by atoms with Gasteiger partial charge in [-0.05, 0) is 26.3 Å². The number of nitrogens with one attached hydrogen (secondary N) is 2. The Kier molecular flexibility index (Phi) is 4.84. The van der Waals surface area contributed by atoms with Crippen molar-refractivity contribution in [3.05, 3.63) is 23.4 Å². The van der Waals surface area contributed by atoms with Gasteiger partial charge in [0.05, 0.1) is 0 Å². The van der Waals surface area contributed by atoms with Gasteiger partial charge >= 0.3 is 0 Å². The second kappa shape index (κ2) is 5.41. The summed E-state index contributed by atoms with van der Waals surface area (Å²) in [6.07, 6.45) is 4.98. The van der Waals surface area contributed by atoms with E-state index in [2.05, 4.69) is 19.2 Å². The molecule has 0 amide bonds. The van der Waals surface area contributed by atoms with Crippen molar-refractivity contribution >= 4 is 5.96 Å². The summed E-state index contributed by atoms with van der Waals surface area (Å²) in [5.74, 6) is -0.0219. The van der Waals surface area contributed by atoms with E-state index in [1.165, 1.54) is 5.57 Å². The third kappa shape index (κ3) is 5.53. The van der Waals surface area contributed by atoms with E-state index in [4.69, 9.17) is 11.1 Å². The molecule has 0 aromatic carbocycles. The van der Waals surface area contributed by atoms with Gasteiger partial charge in [0.15, 0.2) is 5.96 Å². The third-order valence-corrected chi connectivity index (χ3v) is 1.51. The monoisotopic (exact) mass is 167 g/mol. The molecule has 68 valence electrons. The molecule has 0 rings (SSSR count). The summed E-state index contributed by atoms with van der Waals surface area (Å²) < 4.78 is 0. The number of rotatable bonds is 3. The Morgan fingerprint density at radius 2 is 2.00 bits per heavy atom. The zero-order valence-corrected chi connectivity index (χ0v) is 7.94. The molecular weight excluding hydrogens is 150 g/mol. The molecule has 0 aromatic heterocycles. The molecule has 0 aliphatic heterocycles. The average molecular weight is 167 g/mol. The second-order valence-electron chi connectivity index (χ2n) is 2.75. The van der Waals surface area contributed by atoms with Crippen molar-refractivity contribution in [1.29, 1.82) is 5.41 Å². The van der Waals surface area contributed by atoms with E-state index in [1.807, 2.05) is 19.1 Å². The Morgan fingerprint density at radius 1 is 1.42 bits per heavy atom. The molecule has 0 fully saturated rings. The first-order valence-electron chi connectivity index (χ1n) is 4.01. The lowest BCUT2D eigenvalue weighted by Crippen LogP contribution is -2.28. The van der Waals surface area contributed by atoms with Crippen LogP contribution in [0.5, 0.6) is 0 Å². The number of hydrogen-bond acceptors (Lipinski definition) is 1. The summed E-state index contributed by atoms with van der Waals surface area (Å²) in [6, 6.07) is 0. The minimum atomic E-state index is -0.0219. The highest BCUT2D eigenvalue weighted by Crippen LogP contribution is 1.99. The van der Waals surface area contributed by atoms with Gasteiger partial charge in [-0.25, -0.2) is 0 Å². The predicted octanol–water partition coefficient (Wildman–Crippen LogP) is 1.73. The van der Waals surface area contributed by atoms with Gasteiger partial charge in [-0.2, -0.15) is 0 Å². The van der Waals surface area contributed by atoms with Crippen molar-refractivity contribution in [2.75, 3.05) is 0 Å². The predicted molar refractivity (Wildman–Crippen MR) is 52.9 cm³/mol. The average Bonchev–Trinajstić information content (AvgIpc) is 1.99. The molecule has 0 aliphatic rings. The second-order valence-corrected chi connectivity index (χ2v) is 2.75. The lowest BCUT2D eigenvalue weighted by molar-refractivity contribution is 1.07. The highest BCUT2D eigenvalue weighted by molar-refractivity contribution is 5.76. The Labute approximate surface area is 73.9 Å². The summed E-state index contributed by atoms with van der Waals surface area (Å²) in [5, 5.41) is 9.66. The van der Waals surface area contributed by atoms with Crippen LogP contribution in [0.3, 0.4) is 0 Å². The molecule has 0 bridgehead atoms. The number of guanidine groups is 1. The molecule has 0 saturated heterocycles. The SMILES string of the molecule is CC/C(C)=C/C=C(\C)NC(=N)N. The third-order valence-electron chi connectivity index (χ3n) is 1.51. The molecule has 0 unspecified atom stereocenters.